The van der Waals surface area contributed by atoms with Gasteiger partial charge in [-0.1, -0.05) is 0 Å². The predicted molar refractivity (Wildman–Crippen MR) is 55.1 cm³/mol. The van der Waals surface area contributed by atoms with Crippen molar-refractivity contribution >= 4 is 0 Å². The minimum Gasteiger partial charge on any atom is -0.396 e. The SMILES string of the molecule is C[C@H]1C[C@@H](CCCCO)OC(C)(C)O1. The van der Waals surface area contributed by atoms with E-state index in [0.29, 0.717) is 6.10 Å². The van der Waals surface area contributed by atoms with Crippen LogP contribution in [0.25, 0.3) is 0 Å². The number of aliphatic hydroxyl groups is 1. The van der Waals surface area contributed by atoms with Crippen LogP contribution in [-0.2, 0) is 9.47 Å². The Labute approximate surface area is 86.4 Å². The molecule has 0 unspecified atom stereocenters. The first kappa shape index (κ1) is 12.0. The fourth-order valence-electron chi connectivity index (χ4n) is 2.04. The molecule has 1 rings (SSSR count). The average Bonchev–Trinajstić information content (AvgIpc) is 2.00. The smallest absolute Gasteiger partial charge is 0.163 e. The number of rotatable bonds is 4. The van der Waals surface area contributed by atoms with Crippen LogP contribution >= 0.6 is 0 Å². The van der Waals surface area contributed by atoms with Gasteiger partial charge in [0.05, 0.1) is 12.2 Å². The van der Waals surface area contributed by atoms with Crippen molar-refractivity contribution in [3.05, 3.63) is 0 Å². The number of aliphatic hydroxyl groups excluding tert-OH is 1. The third kappa shape index (κ3) is 3.95. The third-order valence-electron chi connectivity index (χ3n) is 2.46. The summed E-state index contributed by atoms with van der Waals surface area (Å²) in [6, 6.07) is 0. The van der Waals surface area contributed by atoms with Crippen molar-refractivity contribution in [3.63, 3.8) is 0 Å². The Balaban J connectivity index is 2.30. The van der Waals surface area contributed by atoms with E-state index in [9.17, 15) is 0 Å². The molecule has 0 amide bonds. The van der Waals surface area contributed by atoms with Crippen molar-refractivity contribution in [1.82, 2.24) is 0 Å². The van der Waals surface area contributed by atoms with Crippen LogP contribution in [0.5, 0.6) is 0 Å². The zero-order valence-electron chi connectivity index (χ0n) is 9.45. The second-order valence-electron chi connectivity index (χ2n) is 4.52. The second-order valence-corrected chi connectivity index (χ2v) is 4.52. The molecule has 0 saturated carbocycles. The molecule has 3 nitrogen and oxygen atoms in total. The van der Waals surface area contributed by atoms with E-state index < -0.39 is 5.79 Å². The van der Waals surface area contributed by atoms with Gasteiger partial charge in [0.1, 0.15) is 0 Å². The third-order valence-corrected chi connectivity index (χ3v) is 2.46. The Kier molecular flexibility index (Phi) is 4.35. The van der Waals surface area contributed by atoms with E-state index in [1.54, 1.807) is 0 Å². The summed E-state index contributed by atoms with van der Waals surface area (Å²) >= 11 is 0. The highest BCUT2D eigenvalue weighted by Gasteiger charge is 2.32. The molecule has 1 aliphatic heterocycles. The molecule has 0 aromatic rings. The van der Waals surface area contributed by atoms with E-state index in [1.807, 2.05) is 13.8 Å². The zero-order valence-corrected chi connectivity index (χ0v) is 9.45. The fraction of sp³-hybridized carbons (Fsp3) is 1.00. The van der Waals surface area contributed by atoms with Crippen LogP contribution in [0.4, 0.5) is 0 Å². The first-order valence-electron chi connectivity index (χ1n) is 5.50. The average molecular weight is 202 g/mol. The summed E-state index contributed by atoms with van der Waals surface area (Å²) in [5, 5.41) is 8.68. The molecule has 1 heterocycles. The Morgan fingerprint density at radius 3 is 2.57 bits per heavy atom. The molecule has 1 fully saturated rings. The highest BCUT2D eigenvalue weighted by Crippen LogP contribution is 2.28. The molecule has 0 aromatic heterocycles. The molecule has 3 heteroatoms. The lowest BCUT2D eigenvalue weighted by atomic mass is 10.0. The summed E-state index contributed by atoms with van der Waals surface area (Å²) in [6.45, 7) is 6.29. The van der Waals surface area contributed by atoms with Gasteiger partial charge < -0.3 is 14.6 Å². The number of hydrogen-bond acceptors (Lipinski definition) is 3. The zero-order chi connectivity index (χ0) is 10.6. The van der Waals surface area contributed by atoms with Crippen molar-refractivity contribution in [2.24, 2.45) is 0 Å². The second kappa shape index (κ2) is 5.10. The first-order valence-corrected chi connectivity index (χ1v) is 5.50. The maximum atomic E-state index is 8.68. The quantitative estimate of drug-likeness (QED) is 0.709. The molecule has 0 aromatic carbocycles. The summed E-state index contributed by atoms with van der Waals surface area (Å²) in [5.74, 6) is -0.443. The van der Waals surface area contributed by atoms with E-state index in [4.69, 9.17) is 14.6 Å². The number of ether oxygens (including phenoxy) is 2. The lowest BCUT2D eigenvalue weighted by Crippen LogP contribution is -2.43. The Bertz CT molecular complexity index is 168. The predicted octanol–water partition coefficient (Wildman–Crippen LogP) is 2.08. The largest absolute Gasteiger partial charge is 0.396 e. The van der Waals surface area contributed by atoms with Crippen LogP contribution in [0, 0.1) is 0 Å². The van der Waals surface area contributed by atoms with Crippen molar-refractivity contribution < 1.29 is 14.6 Å². The van der Waals surface area contributed by atoms with Crippen LogP contribution in [0.3, 0.4) is 0 Å². The topological polar surface area (TPSA) is 38.7 Å². The summed E-state index contributed by atoms with van der Waals surface area (Å²) in [7, 11) is 0. The Morgan fingerprint density at radius 1 is 1.29 bits per heavy atom. The molecule has 0 bridgehead atoms. The molecule has 14 heavy (non-hydrogen) atoms. The van der Waals surface area contributed by atoms with Gasteiger partial charge in [-0.05, 0) is 46.5 Å². The molecule has 0 radical (unpaired) electrons. The van der Waals surface area contributed by atoms with Gasteiger partial charge >= 0.3 is 0 Å². The van der Waals surface area contributed by atoms with Crippen LogP contribution in [0.15, 0.2) is 0 Å². The minimum absolute atomic E-state index is 0.276. The van der Waals surface area contributed by atoms with Gasteiger partial charge in [0, 0.05) is 6.61 Å². The van der Waals surface area contributed by atoms with Crippen LogP contribution in [-0.4, -0.2) is 29.7 Å². The number of unbranched alkanes of at least 4 members (excludes halogenated alkanes) is 1. The van der Waals surface area contributed by atoms with Gasteiger partial charge in [0.2, 0.25) is 0 Å². The summed E-state index contributed by atoms with van der Waals surface area (Å²) < 4.78 is 11.4. The maximum Gasteiger partial charge on any atom is 0.163 e. The van der Waals surface area contributed by atoms with Gasteiger partial charge in [0.25, 0.3) is 0 Å². The van der Waals surface area contributed by atoms with Gasteiger partial charge in [-0.15, -0.1) is 0 Å². The molecular weight excluding hydrogens is 180 g/mol. The minimum atomic E-state index is -0.443. The van der Waals surface area contributed by atoms with E-state index in [-0.39, 0.29) is 12.7 Å². The van der Waals surface area contributed by atoms with Crippen LogP contribution < -0.4 is 0 Å². The van der Waals surface area contributed by atoms with Crippen molar-refractivity contribution in [2.45, 2.75) is 64.4 Å². The van der Waals surface area contributed by atoms with Crippen LogP contribution in [0.1, 0.15) is 46.5 Å². The van der Waals surface area contributed by atoms with Gasteiger partial charge in [-0.3, -0.25) is 0 Å². The maximum absolute atomic E-state index is 8.68. The normalized spacial score (nSPS) is 31.7. The lowest BCUT2D eigenvalue weighted by Gasteiger charge is -2.39. The molecule has 1 aliphatic rings. The first-order chi connectivity index (χ1) is 6.53. The van der Waals surface area contributed by atoms with Crippen molar-refractivity contribution in [2.75, 3.05) is 6.61 Å². The summed E-state index contributed by atoms with van der Waals surface area (Å²) in [4.78, 5) is 0. The molecule has 1 saturated heterocycles. The van der Waals surface area contributed by atoms with E-state index in [2.05, 4.69) is 6.92 Å². The van der Waals surface area contributed by atoms with E-state index in [0.717, 1.165) is 25.7 Å². The molecule has 0 aliphatic carbocycles. The van der Waals surface area contributed by atoms with E-state index >= 15 is 0 Å². The monoisotopic (exact) mass is 202 g/mol. The standard InChI is InChI=1S/C11H22O3/c1-9-8-10(6-4-5-7-12)14-11(2,3)13-9/h9-10,12H,4-8H2,1-3H3/t9-,10+/m0/s1. The highest BCUT2D eigenvalue weighted by molar-refractivity contribution is 4.73. The van der Waals surface area contributed by atoms with Crippen molar-refractivity contribution in [1.29, 1.82) is 0 Å². The lowest BCUT2D eigenvalue weighted by molar-refractivity contribution is -0.296. The summed E-state index contributed by atoms with van der Waals surface area (Å²) in [5.41, 5.74) is 0. The van der Waals surface area contributed by atoms with Gasteiger partial charge in [-0.25, -0.2) is 0 Å². The highest BCUT2D eigenvalue weighted by atomic mass is 16.7. The van der Waals surface area contributed by atoms with Crippen molar-refractivity contribution in [3.8, 4) is 0 Å². The molecule has 1 N–H and O–H groups in total. The molecular formula is C11H22O3. The number of hydrogen-bond donors (Lipinski definition) is 1. The molecule has 0 spiro atoms. The van der Waals surface area contributed by atoms with E-state index in [1.165, 1.54) is 0 Å². The molecule has 84 valence electrons. The Morgan fingerprint density at radius 2 is 2.00 bits per heavy atom. The van der Waals surface area contributed by atoms with Gasteiger partial charge in [0.15, 0.2) is 5.79 Å². The van der Waals surface area contributed by atoms with Gasteiger partial charge in [-0.2, -0.15) is 0 Å². The fourth-order valence-corrected chi connectivity index (χ4v) is 2.04. The summed E-state index contributed by atoms with van der Waals surface area (Å²) in [6.07, 6.45) is 4.46. The Hall–Kier alpha value is -0.120. The van der Waals surface area contributed by atoms with Crippen LogP contribution in [0.2, 0.25) is 0 Å². The molecule has 2 atom stereocenters.